The van der Waals surface area contributed by atoms with Crippen LogP contribution in [0, 0.1) is 13.8 Å². The van der Waals surface area contributed by atoms with Crippen LogP contribution in [0.25, 0.3) is 0 Å². The van der Waals surface area contributed by atoms with Crippen molar-refractivity contribution in [2.24, 2.45) is 0 Å². The number of amides is 2. The molecule has 0 saturated heterocycles. The summed E-state index contributed by atoms with van der Waals surface area (Å²) < 4.78 is 11.4. The Bertz CT molecular complexity index is 1530. The summed E-state index contributed by atoms with van der Waals surface area (Å²) in [5.74, 6) is 0.287. The fourth-order valence-electron chi connectivity index (χ4n) is 5.35. The smallest absolute Gasteiger partial charge is 0.247 e. The molecule has 1 aliphatic rings. The van der Waals surface area contributed by atoms with Gasteiger partial charge < -0.3 is 19.4 Å². The number of hydrogen-bond acceptors (Lipinski definition) is 6. The van der Waals surface area contributed by atoms with Gasteiger partial charge in [-0.1, -0.05) is 36.4 Å². The predicted octanol–water partition coefficient (Wildman–Crippen LogP) is 5.54. The van der Waals surface area contributed by atoms with Gasteiger partial charge >= 0.3 is 0 Å². The molecule has 1 aliphatic heterocycles. The number of fused-ring (bicyclic) bond motifs is 1. The number of pyridine rings is 1. The van der Waals surface area contributed by atoms with Crippen LogP contribution in [-0.4, -0.2) is 39.8 Å². The van der Waals surface area contributed by atoms with Gasteiger partial charge in [-0.05, 0) is 72.4 Å². The number of nitrogens with one attached hydrogen (secondary N) is 1. The highest BCUT2D eigenvalue weighted by Gasteiger charge is 2.34. The Morgan fingerprint density at radius 1 is 1.17 bits per heavy atom. The molecule has 0 spiro atoms. The van der Waals surface area contributed by atoms with E-state index in [0.717, 1.165) is 39.1 Å². The quantitative estimate of drug-likeness (QED) is 0.261. The van der Waals surface area contributed by atoms with Crippen molar-refractivity contribution >= 4 is 17.5 Å². The molecule has 41 heavy (non-hydrogen) atoms. The van der Waals surface area contributed by atoms with Gasteiger partial charge in [0.2, 0.25) is 11.8 Å². The van der Waals surface area contributed by atoms with Crippen LogP contribution in [0.5, 0.6) is 5.75 Å². The summed E-state index contributed by atoms with van der Waals surface area (Å²) in [6.07, 6.45) is 9.90. The lowest BCUT2D eigenvalue weighted by molar-refractivity contribution is -0.133. The molecule has 1 atom stereocenters. The van der Waals surface area contributed by atoms with Crippen LogP contribution in [0.3, 0.4) is 0 Å². The lowest BCUT2D eigenvalue weighted by Crippen LogP contribution is -2.41. The van der Waals surface area contributed by atoms with E-state index in [1.54, 1.807) is 12.5 Å². The fourth-order valence-corrected chi connectivity index (χ4v) is 5.35. The molecule has 5 rings (SSSR count). The van der Waals surface area contributed by atoms with Gasteiger partial charge in [-0.3, -0.25) is 14.6 Å². The Kier molecular flexibility index (Phi) is 8.58. The van der Waals surface area contributed by atoms with E-state index in [9.17, 15) is 9.59 Å². The lowest BCUT2D eigenvalue weighted by atomic mass is 9.85. The molecule has 0 fully saturated rings. The maximum atomic E-state index is 13.7. The second-order valence-corrected chi connectivity index (χ2v) is 10.3. The third-order valence-corrected chi connectivity index (χ3v) is 7.40. The molecule has 2 aromatic heterocycles. The number of hydrogen-bond donors (Lipinski definition) is 1. The molecule has 3 heterocycles. The number of rotatable bonds is 10. The van der Waals surface area contributed by atoms with Crippen molar-refractivity contribution in [3.63, 3.8) is 0 Å². The second kappa shape index (κ2) is 12.6. The average Bonchev–Trinajstić information content (AvgIpc) is 3.50. The summed E-state index contributed by atoms with van der Waals surface area (Å²) in [5, 5.41) is 2.91. The van der Waals surface area contributed by atoms with Crippen LogP contribution >= 0.6 is 0 Å². The van der Waals surface area contributed by atoms with E-state index in [1.165, 1.54) is 12.5 Å². The van der Waals surface area contributed by atoms with Gasteiger partial charge in [0, 0.05) is 38.2 Å². The minimum Gasteiger partial charge on any atom is -0.491 e. The molecular weight excluding hydrogens is 516 g/mol. The van der Waals surface area contributed by atoms with Crippen LogP contribution in [0.1, 0.15) is 51.5 Å². The number of carbonyl (C=O) groups excluding carboxylic acids is 2. The third-order valence-electron chi connectivity index (χ3n) is 7.40. The molecule has 0 saturated carbocycles. The van der Waals surface area contributed by atoms with Crippen molar-refractivity contribution in [3.05, 3.63) is 119 Å². The van der Waals surface area contributed by atoms with E-state index in [2.05, 4.69) is 53.9 Å². The highest BCUT2D eigenvalue weighted by Crippen LogP contribution is 2.42. The number of benzene rings is 2. The number of oxazole rings is 1. The van der Waals surface area contributed by atoms with Gasteiger partial charge in [-0.2, -0.15) is 0 Å². The molecule has 210 valence electrons. The summed E-state index contributed by atoms with van der Waals surface area (Å²) in [6, 6.07) is 13.9. The highest BCUT2D eigenvalue weighted by molar-refractivity contribution is 6.00. The largest absolute Gasteiger partial charge is 0.491 e. The molecule has 0 bridgehead atoms. The lowest BCUT2D eigenvalue weighted by Gasteiger charge is -2.39. The van der Waals surface area contributed by atoms with E-state index in [1.807, 2.05) is 35.4 Å². The maximum absolute atomic E-state index is 13.7. The number of aromatic nitrogens is 2. The number of carbonyl (C=O) groups is 2. The molecule has 2 aromatic carbocycles. The predicted molar refractivity (Wildman–Crippen MR) is 157 cm³/mol. The topological polar surface area (TPSA) is 97.6 Å². The zero-order chi connectivity index (χ0) is 28.8. The molecule has 0 radical (unpaired) electrons. The number of ether oxygens (including phenoxy) is 1. The molecule has 8 nitrogen and oxygen atoms in total. The van der Waals surface area contributed by atoms with Crippen LogP contribution in [0.15, 0.2) is 84.6 Å². The first-order chi connectivity index (χ1) is 19.9. The SMILES string of the molecule is C=CC(=O)Nc1cc2c(cc1OCCc1cccnc1)C(c1ccc(C)cc1C)N(C(=O)CCc1cocn1)CC2. The van der Waals surface area contributed by atoms with E-state index >= 15 is 0 Å². The number of nitrogens with zero attached hydrogens (tertiary/aromatic N) is 3. The second-order valence-electron chi connectivity index (χ2n) is 10.3. The number of aryl methyl sites for hydroxylation is 3. The normalized spacial score (nSPS) is 14.3. The van der Waals surface area contributed by atoms with Gasteiger partial charge in [-0.15, -0.1) is 0 Å². The molecule has 2 amide bonds. The molecule has 0 aliphatic carbocycles. The Morgan fingerprint density at radius 2 is 2.05 bits per heavy atom. The van der Waals surface area contributed by atoms with Crippen LogP contribution < -0.4 is 10.1 Å². The van der Waals surface area contributed by atoms with E-state index in [0.29, 0.717) is 50.3 Å². The van der Waals surface area contributed by atoms with Gasteiger partial charge in [0.05, 0.1) is 24.0 Å². The van der Waals surface area contributed by atoms with E-state index in [4.69, 9.17) is 9.15 Å². The van der Waals surface area contributed by atoms with Gasteiger partial charge in [-0.25, -0.2) is 4.98 Å². The van der Waals surface area contributed by atoms with Crippen molar-refractivity contribution in [1.29, 1.82) is 0 Å². The van der Waals surface area contributed by atoms with Gasteiger partial charge in [0.15, 0.2) is 6.39 Å². The fraction of sp³-hybridized carbons (Fsp3) is 0.273. The maximum Gasteiger partial charge on any atom is 0.247 e. The summed E-state index contributed by atoms with van der Waals surface area (Å²) in [7, 11) is 0. The Morgan fingerprint density at radius 3 is 2.78 bits per heavy atom. The first kappa shape index (κ1) is 27.8. The minimum atomic E-state index is -0.312. The van der Waals surface area contributed by atoms with E-state index in [-0.39, 0.29) is 17.9 Å². The Labute approximate surface area is 240 Å². The van der Waals surface area contributed by atoms with E-state index < -0.39 is 0 Å². The van der Waals surface area contributed by atoms with Crippen molar-refractivity contribution in [2.75, 3.05) is 18.5 Å². The summed E-state index contributed by atoms with van der Waals surface area (Å²) >= 11 is 0. The number of anilines is 1. The minimum absolute atomic E-state index is 0.0479. The third kappa shape index (κ3) is 6.54. The van der Waals surface area contributed by atoms with Crippen molar-refractivity contribution < 1.29 is 18.7 Å². The van der Waals surface area contributed by atoms with Crippen molar-refractivity contribution in [2.45, 2.75) is 45.6 Å². The Balaban J connectivity index is 1.51. The summed E-state index contributed by atoms with van der Waals surface area (Å²) in [5.41, 5.74) is 7.79. The van der Waals surface area contributed by atoms with Crippen LogP contribution in [-0.2, 0) is 28.9 Å². The van der Waals surface area contributed by atoms with Crippen LogP contribution in [0.2, 0.25) is 0 Å². The average molecular weight is 551 g/mol. The molecule has 8 heteroatoms. The van der Waals surface area contributed by atoms with Crippen molar-refractivity contribution in [1.82, 2.24) is 14.9 Å². The van der Waals surface area contributed by atoms with Crippen molar-refractivity contribution in [3.8, 4) is 5.75 Å². The zero-order valence-corrected chi connectivity index (χ0v) is 23.4. The van der Waals surface area contributed by atoms with Gasteiger partial charge in [0.25, 0.3) is 0 Å². The summed E-state index contributed by atoms with van der Waals surface area (Å²) in [6.45, 7) is 8.69. The molecule has 4 aromatic rings. The highest BCUT2D eigenvalue weighted by atomic mass is 16.5. The van der Waals surface area contributed by atoms with Gasteiger partial charge in [0.1, 0.15) is 12.0 Å². The standard InChI is InChI=1S/C33H34N4O4/c1-4-31(38)36-29-17-25-11-14-37(32(39)10-8-26-20-40-21-35-26)33(27-9-7-22(2)16-23(27)3)28(25)18-30(29)41-15-12-24-6-5-13-34-19-24/h4-7,9,13,16-21,33H,1,8,10-12,14-15H2,2-3H3,(H,36,38). The first-order valence-corrected chi connectivity index (χ1v) is 13.8. The monoisotopic (exact) mass is 550 g/mol. The molecule has 1 unspecified atom stereocenters. The van der Waals surface area contributed by atoms with Crippen LogP contribution in [0.4, 0.5) is 5.69 Å². The zero-order valence-electron chi connectivity index (χ0n) is 23.4. The Hall–Kier alpha value is -4.72. The molecular formula is C33H34N4O4. The first-order valence-electron chi connectivity index (χ1n) is 13.8. The molecule has 1 N–H and O–H groups in total. The summed E-state index contributed by atoms with van der Waals surface area (Å²) in [4.78, 5) is 36.3.